The van der Waals surface area contributed by atoms with E-state index in [2.05, 4.69) is 4.74 Å². The average Bonchev–Trinajstić information content (AvgIpc) is 2.18. The molecular weight excluding hydrogens is 168 g/mol. The minimum atomic E-state index is -0.291. The number of aliphatic hydroxyl groups excluding tert-OH is 1. The maximum Gasteiger partial charge on any atom is 0.309 e. The van der Waals surface area contributed by atoms with Gasteiger partial charge in [0.05, 0.1) is 20.1 Å². The molecule has 1 aromatic rings. The molecule has 70 valence electrons. The first-order chi connectivity index (χ1) is 6.27. The van der Waals surface area contributed by atoms with E-state index >= 15 is 0 Å². The molecule has 0 aromatic heterocycles. The summed E-state index contributed by atoms with van der Waals surface area (Å²) >= 11 is 0. The summed E-state index contributed by atoms with van der Waals surface area (Å²) in [5.41, 5.74) is 1.59. The second-order valence-electron chi connectivity index (χ2n) is 2.68. The number of hydrogen-bond donors (Lipinski definition) is 1. The molecule has 0 aliphatic rings. The van der Waals surface area contributed by atoms with Gasteiger partial charge in [-0.05, 0) is 11.1 Å². The molecule has 0 saturated heterocycles. The number of methoxy groups -OCH3 is 1. The molecule has 1 aromatic carbocycles. The Morgan fingerprint density at radius 2 is 2.00 bits per heavy atom. The summed E-state index contributed by atoms with van der Waals surface area (Å²) in [7, 11) is 1.35. The van der Waals surface area contributed by atoms with Gasteiger partial charge < -0.3 is 9.84 Å². The summed E-state index contributed by atoms with van der Waals surface area (Å²) < 4.78 is 4.53. The van der Waals surface area contributed by atoms with Crippen molar-refractivity contribution in [2.75, 3.05) is 7.11 Å². The first kappa shape index (κ1) is 9.74. The zero-order valence-corrected chi connectivity index (χ0v) is 7.49. The van der Waals surface area contributed by atoms with E-state index in [1.807, 2.05) is 18.2 Å². The molecule has 0 heterocycles. The van der Waals surface area contributed by atoms with Gasteiger partial charge in [-0.3, -0.25) is 4.79 Å². The van der Waals surface area contributed by atoms with Gasteiger partial charge in [0.25, 0.3) is 0 Å². The Kier molecular flexibility index (Phi) is 3.46. The summed E-state index contributed by atoms with van der Waals surface area (Å²) in [6.07, 6.45) is 0.216. The number of hydrogen-bond acceptors (Lipinski definition) is 3. The number of carbonyl (C=O) groups excluding carboxylic acids is 1. The zero-order chi connectivity index (χ0) is 9.68. The predicted octanol–water partition coefficient (Wildman–Crippen LogP) is 0.894. The summed E-state index contributed by atoms with van der Waals surface area (Å²) in [4.78, 5) is 10.9. The molecule has 0 bridgehead atoms. The number of benzene rings is 1. The minimum Gasteiger partial charge on any atom is -0.469 e. The summed E-state index contributed by atoms with van der Waals surface area (Å²) in [6, 6.07) is 7.25. The summed E-state index contributed by atoms with van der Waals surface area (Å²) in [6.45, 7) is -0.0484. The topological polar surface area (TPSA) is 46.5 Å². The smallest absolute Gasteiger partial charge is 0.309 e. The van der Waals surface area contributed by atoms with Gasteiger partial charge in [-0.1, -0.05) is 24.3 Å². The highest BCUT2D eigenvalue weighted by atomic mass is 16.5. The maximum atomic E-state index is 10.9. The molecule has 1 N–H and O–H groups in total. The Labute approximate surface area is 77.0 Å². The maximum absolute atomic E-state index is 10.9. The van der Waals surface area contributed by atoms with Gasteiger partial charge in [0.15, 0.2) is 0 Å². The van der Waals surface area contributed by atoms with E-state index in [0.717, 1.165) is 11.1 Å². The summed E-state index contributed by atoms with van der Waals surface area (Å²) in [5.74, 6) is -0.291. The highest BCUT2D eigenvalue weighted by molar-refractivity contribution is 5.72. The largest absolute Gasteiger partial charge is 0.469 e. The van der Waals surface area contributed by atoms with Crippen molar-refractivity contribution < 1.29 is 14.6 Å². The molecule has 1 rings (SSSR count). The normalized spacial score (nSPS) is 9.69. The average molecular weight is 180 g/mol. The molecule has 3 nitrogen and oxygen atoms in total. The predicted molar refractivity (Wildman–Crippen MR) is 48.1 cm³/mol. The number of aliphatic hydroxyl groups is 1. The first-order valence-electron chi connectivity index (χ1n) is 4.02. The Morgan fingerprint density at radius 1 is 1.38 bits per heavy atom. The summed E-state index contributed by atoms with van der Waals surface area (Å²) in [5, 5.41) is 8.95. The molecule has 13 heavy (non-hydrogen) atoms. The van der Waals surface area contributed by atoms with Gasteiger partial charge in [0.1, 0.15) is 0 Å². The van der Waals surface area contributed by atoms with Crippen LogP contribution in [-0.2, 0) is 22.6 Å². The van der Waals surface area contributed by atoms with Crippen LogP contribution >= 0.6 is 0 Å². The van der Waals surface area contributed by atoms with Crippen molar-refractivity contribution in [3.05, 3.63) is 35.4 Å². The van der Waals surface area contributed by atoms with Crippen molar-refractivity contribution in [3.63, 3.8) is 0 Å². The van der Waals surface area contributed by atoms with Crippen LogP contribution in [0.1, 0.15) is 11.1 Å². The van der Waals surface area contributed by atoms with E-state index in [4.69, 9.17) is 5.11 Å². The van der Waals surface area contributed by atoms with Crippen LogP contribution in [0.4, 0.5) is 0 Å². The molecule has 3 heteroatoms. The lowest BCUT2D eigenvalue weighted by Crippen LogP contribution is -2.06. The van der Waals surface area contributed by atoms with Gasteiger partial charge in [-0.15, -0.1) is 0 Å². The molecule has 0 fully saturated rings. The number of ether oxygens (including phenoxy) is 1. The number of carbonyl (C=O) groups is 1. The van der Waals surface area contributed by atoms with E-state index in [1.54, 1.807) is 6.07 Å². The molecule has 0 radical (unpaired) electrons. The second-order valence-corrected chi connectivity index (χ2v) is 2.68. The minimum absolute atomic E-state index is 0.0484. The third-order valence-electron chi connectivity index (χ3n) is 1.85. The van der Waals surface area contributed by atoms with Crippen molar-refractivity contribution in [2.45, 2.75) is 13.0 Å². The molecule has 0 aliphatic heterocycles. The Hall–Kier alpha value is -1.35. The third-order valence-corrected chi connectivity index (χ3v) is 1.85. The molecular formula is C10H12O3. The van der Waals surface area contributed by atoms with E-state index in [9.17, 15) is 4.79 Å². The fraction of sp³-hybridized carbons (Fsp3) is 0.300. The van der Waals surface area contributed by atoms with Crippen LogP contribution < -0.4 is 0 Å². The molecule has 0 aliphatic carbocycles. The van der Waals surface area contributed by atoms with Crippen molar-refractivity contribution >= 4 is 5.97 Å². The second kappa shape index (κ2) is 4.62. The standard InChI is InChI=1S/C10H12O3/c1-13-10(12)6-8-4-2-3-5-9(8)7-11/h2-5,11H,6-7H2,1H3. The highest BCUT2D eigenvalue weighted by Gasteiger charge is 2.05. The Morgan fingerprint density at radius 3 is 2.54 bits per heavy atom. The van der Waals surface area contributed by atoms with E-state index < -0.39 is 0 Å². The third kappa shape index (κ3) is 2.56. The van der Waals surface area contributed by atoms with Gasteiger partial charge in [-0.25, -0.2) is 0 Å². The van der Waals surface area contributed by atoms with Crippen LogP contribution in [0.25, 0.3) is 0 Å². The van der Waals surface area contributed by atoms with Crippen LogP contribution in [0.2, 0.25) is 0 Å². The molecule has 0 amide bonds. The van der Waals surface area contributed by atoms with Gasteiger partial charge in [0, 0.05) is 0 Å². The van der Waals surface area contributed by atoms with Crippen LogP contribution in [0.5, 0.6) is 0 Å². The molecule has 0 spiro atoms. The number of esters is 1. The Bertz CT molecular complexity index is 294. The quantitative estimate of drug-likeness (QED) is 0.703. The van der Waals surface area contributed by atoms with E-state index in [0.29, 0.717) is 0 Å². The van der Waals surface area contributed by atoms with Crippen molar-refractivity contribution in [3.8, 4) is 0 Å². The lowest BCUT2D eigenvalue weighted by atomic mass is 10.1. The SMILES string of the molecule is COC(=O)Cc1ccccc1CO. The van der Waals surface area contributed by atoms with Gasteiger partial charge >= 0.3 is 5.97 Å². The van der Waals surface area contributed by atoms with Crippen LogP contribution in [-0.4, -0.2) is 18.2 Å². The lowest BCUT2D eigenvalue weighted by molar-refractivity contribution is -0.139. The van der Waals surface area contributed by atoms with E-state index in [1.165, 1.54) is 7.11 Å². The Balaban J connectivity index is 2.81. The van der Waals surface area contributed by atoms with Crippen LogP contribution in [0.3, 0.4) is 0 Å². The molecule has 0 saturated carbocycles. The van der Waals surface area contributed by atoms with Gasteiger partial charge in [0.2, 0.25) is 0 Å². The fourth-order valence-electron chi connectivity index (χ4n) is 1.11. The van der Waals surface area contributed by atoms with Crippen molar-refractivity contribution in [1.29, 1.82) is 0 Å². The van der Waals surface area contributed by atoms with Gasteiger partial charge in [-0.2, -0.15) is 0 Å². The molecule has 0 atom stereocenters. The monoisotopic (exact) mass is 180 g/mol. The number of rotatable bonds is 3. The first-order valence-corrected chi connectivity index (χ1v) is 4.02. The lowest BCUT2D eigenvalue weighted by Gasteiger charge is -2.04. The zero-order valence-electron chi connectivity index (χ0n) is 7.49. The van der Waals surface area contributed by atoms with Crippen LogP contribution in [0, 0.1) is 0 Å². The van der Waals surface area contributed by atoms with Crippen molar-refractivity contribution in [2.24, 2.45) is 0 Å². The van der Waals surface area contributed by atoms with Crippen LogP contribution in [0.15, 0.2) is 24.3 Å². The fourth-order valence-corrected chi connectivity index (χ4v) is 1.11. The van der Waals surface area contributed by atoms with Crippen molar-refractivity contribution in [1.82, 2.24) is 0 Å². The highest BCUT2D eigenvalue weighted by Crippen LogP contribution is 2.09. The molecule has 0 unspecified atom stereocenters. The van der Waals surface area contributed by atoms with E-state index in [-0.39, 0.29) is 19.0 Å².